The minimum Gasteiger partial charge on any atom is -0.467 e. The Hall–Kier alpha value is -3.63. The van der Waals surface area contributed by atoms with Gasteiger partial charge in [0.2, 0.25) is 15.9 Å². The van der Waals surface area contributed by atoms with Crippen LogP contribution in [-0.4, -0.2) is 36.9 Å². The molecule has 0 aliphatic carbocycles. The lowest BCUT2D eigenvalue weighted by Crippen LogP contribution is -2.48. The normalized spacial score (nSPS) is 12.7. The number of carbonyl (C=O) groups excluding carboxylic acids is 1. The zero-order chi connectivity index (χ0) is 23.6. The molecule has 2 heterocycles. The Labute approximate surface area is 190 Å². The summed E-state index contributed by atoms with van der Waals surface area (Å²) in [6, 6.07) is 15.7. The molecule has 9 nitrogen and oxygen atoms in total. The third-order valence-corrected chi connectivity index (χ3v) is 6.77. The molecule has 1 unspecified atom stereocenters. The van der Waals surface area contributed by atoms with E-state index >= 15 is 0 Å². The summed E-state index contributed by atoms with van der Waals surface area (Å²) >= 11 is 0. The molecule has 2 aromatic heterocycles. The van der Waals surface area contributed by atoms with E-state index in [1.807, 2.05) is 30.3 Å². The number of aryl methyl sites for hydroxylation is 1. The fourth-order valence-electron chi connectivity index (χ4n) is 3.55. The van der Waals surface area contributed by atoms with E-state index in [4.69, 9.17) is 8.83 Å². The number of fused-ring (bicyclic) bond motifs is 1. The maximum absolute atomic E-state index is 13.2. The van der Waals surface area contributed by atoms with Crippen LogP contribution in [-0.2, 0) is 34.8 Å². The average molecular weight is 470 g/mol. The number of nitrogens with zero attached hydrogens (tertiary/aromatic N) is 2. The maximum atomic E-state index is 13.2. The zero-order valence-electron chi connectivity index (χ0n) is 18.1. The van der Waals surface area contributed by atoms with Crippen LogP contribution in [0.5, 0.6) is 0 Å². The largest absolute Gasteiger partial charge is 0.467 e. The van der Waals surface area contributed by atoms with Crippen LogP contribution in [0.3, 0.4) is 0 Å². The van der Waals surface area contributed by atoms with Crippen molar-refractivity contribution in [1.82, 2.24) is 14.2 Å². The van der Waals surface area contributed by atoms with E-state index < -0.39 is 27.7 Å². The number of carbonyl (C=O) groups is 1. The molecule has 172 valence electrons. The third kappa shape index (κ3) is 4.91. The van der Waals surface area contributed by atoms with Gasteiger partial charge >= 0.3 is 5.76 Å². The first-order chi connectivity index (χ1) is 15.7. The van der Waals surface area contributed by atoms with Crippen molar-refractivity contribution < 1.29 is 22.0 Å². The fraction of sp³-hybridized carbons (Fsp3) is 0.217. The molecule has 0 spiro atoms. The molecule has 1 atom stereocenters. The van der Waals surface area contributed by atoms with E-state index in [1.54, 1.807) is 19.2 Å². The van der Waals surface area contributed by atoms with E-state index in [0.29, 0.717) is 11.3 Å². The van der Waals surface area contributed by atoms with Crippen molar-refractivity contribution in [1.29, 1.82) is 0 Å². The van der Waals surface area contributed by atoms with Gasteiger partial charge in [0, 0.05) is 20.2 Å². The SMILES string of the molecule is CN(Cc1ccco1)C(=O)C(Cc1ccccc1)NS(=O)(=O)c1ccc2c(c1)oc(=O)n2C. The van der Waals surface area contributed by atoms with E-state index in [-0.39, 0.29) is 23.4 Å². The number of oxazole rings is 1. The topological polar surface area (TPSA) is 115 Å². The summed E-state index contributed by atoms with van der Waals surface area (Å²) in [4.78, 5) is 26.3. The van der Waals surface area contributed by atoms with Crippen molar-refractivity contribution in [3.8, 4) is 0 Å². The highest BCUT2D eigenvalue weighted by molar-refractivity contribution is 7.89. The van der Waals surface area contributed by atoms with Crippen molar-refractivity contribution in [2.45, 2.75) is 23.9 Å². The zero-order valence-corrected chi connectivity index (χ0v) is 18.9. The average Bonchev–Trinajstić information content (AvgIpc) is 3.40. The van der Waals surface area contributed by atoms with Crippen LogP contribution in [0.4, 0.5) is 0 Å². The molecule has 10 heteroatoms. The van der Waals surface area contributed by atoms with E-state index in [1.165, 1.54) is 41.0 Å². The lowest BCUT2D eigenvalue weighted by molar-refractivity contribution is -0.132. The molecule has 0 aliphatic heterocycles. The summed E-state index contributed by atoms with van der Waals surface area (Å²) in [5.41, 5.74) is 1.41. The van der Waals surface area contributed by atoms with Gasteiger partial charge in [-0.2, -0.15) is 4.72 Å². The second kappa shape index (κ2) is 9.08. The minimum absolute atomic E-state index is 0.108. The number of likely N-dealkylation sites (N-methyl/N-ethyl adjacent to an activating group) is 1. The molecular weight excluding hydrogens is 446 g/mol. The van der Waals surface area contributed by atoms with Crippen LogP contribution < -0.4 is 10.5 Å². The summed E-state index contributed by atoms with van der Waals surface area (Å²) in [6.45, 7) is 0.194. The lowest BCUT2D eigenvalue weighted by atomic mass is 10.1. The molecule has 0 aliphatic rings. The van der Waals surface area contributed by atoms with Crippen molar-refractivity contribution in [3.63, 3.8) is 0 Å². The molecule has 0 radical (unpaired) electrons. The highest BCUT2D eigenvalue weighted by Gasteiger charge is 2.29. The number of amides is 1. The summed E-state index contributed by atoms with van der Waals surface area (Å²) in [6.07, 6.45) is 1.67. The van der Waals surface area contributed by atoms with Gasteiger partial charge in [-0.25, -0.2) is 13.2 Å². The number of nitrogens with one attached hydrogen (secondary N) is 1. The number of rotatable bonds is 8. The molecular formula is C23H23N3O6S. The predicted octanol–water partition coefficient (Wildman–Crippen LogP) is 2.27. The summed E-state index contributed by atoms with van der Waals surface area (Å²) in [5, 5.41) is 0. The van der Waals surface area contributed by atoms with Gasteiger partial charge in [0.15, 0.2) is 5.58 Å². The number of furan rings is 1. The van der Waals surface area contributed by atoms with Gasteiger partial charge in [-0.3, -0.25) is 9.36 Å². The highest BCUT2D eigenvalue weighted by Crippen LogP contribution is 2.19. The summed E-state index contributed by atoms with van der Waals surface area (Å²) in [7, 11) is -0.991. The fourth-order valence-corrected chi connectivity index (χ4v) is 4.75. The van der Waals surface area contributed by atoms with Crippen molar-refractivity contribution in [3.05, 3.63) is 88.8 Å². The quantitative estimate of drug-likeness (QED) is 0.423. The van der Waals surface area contributed by atoms with Gasteiger partial charge in [0.05, 0.1) is 23.2 Å². The van der Waals surface area contributed by atoms with E-state index in [2.05, 4.69) is 4.72 Å². The second-order valence-corrected chi connectivity index (χ2v) is 9.41. The number of hydrogen-bond donors (Lipinski definition) is 1. The minimum atomic E-state index is -4.11. The van der Waals surface area contributed by atoms with Crippen molar-refractivity contribution in [2.75, 3.05) is 7.05 Å². The van der Waals surface area contributed by atoms with Gasteiger partial charge in [-0.15, -0.1) is 0 Å². The Morgan fingerprint density at radius 1 is 1.12 bits per heavy atom. The first-order valence-corrected chi connectivity index (χ1v) is 11.7. The number of sulfonamides is 1. The third-order valence-electron chi connectivity index (χ3n) is 5.30. The first kappa shape index (κ1) is 22.6. The predicted molar refractivity (Wildman–Crippen MR) is 121 cm³/mol. The van der Waals surface area contributed by atoms with Crippen LogP contribution in [0.15, 0.2) is 85.5 Å². The van der Waals surface area contributed by atoms with Crippen LogP contribution in [0.2, 0.25) is 0 Å². The van der Waals surface area contributed by atoms with Crippen LogP contribution in [0.25, 0.3) is 11.1 Å². The number of benzene rings is 2. The van der Waals surface area contributed by atoms with Crippen molar-refractivity contribution >= 4 is 27.0 Å². The number of hydrogen-bond acceptors (Lipinski definition) is 6. The van der Waals surface area contributed by atoms with Gasteiger partial charge in [-0.1, -0.05) is 30.3 Å². The van der Waals surface area contributed by atoms with Crippen LogP contribution in [0, 0.1) is 0 Å². The molecule has 1 amide bonds. The standard InChI is InChI=1S/C23H23N3O6S/c1-25(15-17-9-6-12-31-17)22(27)19(13-16-7-4-3-5-8-16)24-33(29,30)18-10-11-20-21(14-18)32-23(28)26(20)2/h3-12,14,19,24H,13,15H2,1-2H3. The Morgan fingerprint density at radius 3 is 2.58 bits per heavy atom. The molecule has 2 aromatic carbocycles. The van der Waals surface area contributed by atoms with Crippen LogP contribution >= 0.6 is 0 Å². The monoisotopic (exact) mass is 469 g/mol. The Balaban J connectivity index is 1.63. The van der Waals surface area contributed by atoms with Gasteiger partial charge in [0.25, 0.3) is 0 Å². The smallest absolute Gasteiger partial charge is 0.419 e. The van der Waals surface area contributed by atoms with Crippen molar-refractivity contribution in [2.24, 2.45) is 7.05 Å². The Kier molecular flexibility index (Phi) is 6.21. The van der Waals surface area contributed by atoms with Gasteiger partial charge < -0.3 is 13.7 Å². The first-order valence-electron chi connectivity index (χ1n) is 10.2. The Morgan fingerprint density at radius 2 is 1.88 bits per heavy atom. The second-order valence-electron chi connectivity index (χ2n) is 7.69. The molecule has 0 saturated carbocycles. The summed E-state index contributed by atoms with van der Waals surface area (Å²) < 4.78 is 40.6. The van der Waals surface area contributed by atoms with Crippen LogP contribution in [0.1, 0.15) is 11.3 Å². The molecule has 33 heavy (non-hydrogen) atoms. The maximum Gasteiger partial charge on any atom is 0.419 e. The molecule has 1 N–H and O–H groups in total. The molecule has 4 aromatic rings. The van der Waals surface area contributed by atoms with E-state index in [9.17, 15) is 18.0 Å². The summed E-state index contributed by atoms with van der Waals surface area (Å²) in [5.74, 6) is -0.424. The number of aromatic nitrogens is 1. The highest BCUT2D eigenvalue weighted by atomic mass is 32.2. The molecule has 0 fully saturated rings. The van der Waals surface area contributed by atoms with Gasteiger partial charge in [-0.05, 0) is 36.2 Å². The molecule has 0 saturated heterocycles. The Bertz CT molecular complexity index is 1420. The lowest BCUT2D eigenvalue weighted by Gasteiger charge is -2.24. The van der Waals surface area contributed by atoms with E-state index in [0.717, 1.165) is 5.56 Å². The van der Waals surface area contributed by atoms with Gasteiger partial charge in [0.1, 0.15) is 11.8 Å². The molecule has 0 bridgehead atoms. The molecule has 4 rings (SSSR count).